The number of rotatable bonds is 6. The molecule has 1 aliphatic heterocycles. The van der Waals surface area contributed by atoms with E-state index in [2.05, 4.69) is 4.98 Å². The van der Waals surface area contributed by atoms with E-state index in [-0.39, 0.29) is 5.97 Å². The molecule has 2 heterocycles. The van der Waals surface area contributed by atoms with Crippen LogP contribution in [0.2, 0.25) is 0 Å². The minimum Gasteiger partial charge on any atom is -0.462 e. The number of carbonyl (C=O) groups excluding carboxylic acids is 1. The third kappa shape index (κ3) is 5.74. The van der Waals surface area contributed by atoms with Gasteiger partial charge in [-0.25, -0.2) is 4.79 Å². The van der Waals surface area contributed by atoms with E-state index >= 15 is 0 Å². The fourth-order valence-corrected chi connectivity index (χ4v) is 2.72. The molecule has 1 aromatic heterocycles. The minimum absolute atomic E-state index is 0.318. The van der Waals surface area contributed by atoms with E-state index in [1.165, 1.54) is 0 Å². The molecule has 27 heavy (non-hydrogen) atoms. The number of nitrogens with zero attached hydrogens (tertiary/aromatic N) is 1. The number of allylic oxidation sites excluding steroid dienone is 1. The van der Waals surface area contributed by atoms with Crippen LogP contribution in [0.1, 0.15) is 43.9 Å². The van der Waals surface area contributed by atoms with Gasteiger partial charge >= 0.3 is 5.97 Å². The van der Waals surface area contributed by atoms with Gasteiger partial charge in [0.1, 0.15) is 0 Å². The SMILES string of the molecule is CC.CCOC(=O)/C(=C\Cc1ccccn1)c1ccccc1C1OCCO1. The van der Waals surface area contributed by atoms with E-state index in [1.807, 2.05) is 62.4 Å². The average molecular weight is 369 g/mol. The Hall–Kier alpha value is -2.50. The van der Waals surface area contributed by atoms with Gasteiger partial charge in [0.05, 0.1) is 25.4 Å². The molecule has 1 aliphatic rings. The van der Waals surface area contributed by atoms with Crippen molar-refractivity contribution in [2.24, 2.45) is 0 Å². The van der Waals surface area contributed by atoms with Gasteiger partial charge in [0.15, 0.2) is 6.29 Å². The summed E-state index contributed by atoms with van der Waals surface area (Å²) in [4.78, 5) is 16.8. The smallest absolute Gasteiger partial charge is 0.338 e. The van der Waals surface area contributed by atoms with Crippen LogP contribution < -0.4 is 0 Å². The molecule has 0 aliphatic carbocycles. The Morgan fingerprint density at radius 2 is 1.85 bits per heavy atom. The minimum atomic E-state index is -0.455. The van der Waals surface area contributed by atoms with E-state index in [0.29, 0.717) is 31.8 Å². The second-order valence-corrected chi connectivity index (χ2v) is 5.52. The highest BCUT2D eigenvalue weighted by molar-refractivity contribution is 6.17. The molecule has 0 spiro atoms. The molecule has 1 aromatic carbocycles. The molecule has 0 bridgehead atoms. The predicted molar refractivity (Wildman–Crippen MR) is 105 cm³/mol. The van der Waals surface area contributed by atoms with E-state index < -0.39 is 6.29 Å². The first kappa shape index (κ1) is 20.8. The number of ether oxygens (including phenoxy) is 3. The quantitative estimate of drug-likeness (QED) is 0.560. The van der Waals surface area contributed by atoms with Gasteiger partial charge in [-0.3, -0.25) is 4.98 Å². The summed E-state index contributed by atoms with van der Waals surface area (Å²) in [5.41, 5.74) is 2.99. The van der Waals surface area contributed by atoms with Gasteiger partial charge in [0, 0.05) is 23.9 Å². The Morgan fingerprint density at radius 1 is 1.15 bits per heavy atom. The first-order valence-corrected chi connectivity index (χ1v) is 9.39. The first-order chi connectivity index (χ1) is 13.3. The fraction of sp³-hybridized carbons (Fsp3) is 0.364. The van der Waals surface area contributed by atoms with Crippen molar-refractivity contribution >= 4 is 11.5 Å². The van der Waals surface area contributed by atoms with Crippen LogP contribution in [0.25, 0.3) is 5.57 Å². The van der Waals surface area contributed by atoms with Gasteiger partial charge in [0.25, 0.3) is 0 Å². The topological polar surface area (TPSA) is 57.7 Å². The Bertz CT molecular complexity index is 737. The van der Waals surface area contributed by atoms with Crippen molar-refractivity contribution in [2.45, 2.75) is 33.5 Å². The highest BCUT2D eigenvalue weighted by Crippen LogP contribution is 2.31. The summed E-state index contributed by atoms with van der Waals surface area (Å²) in [5.74, 6) is -0.358. The molecular formula is C22H27NO4. The first-order valence-electron chi connectivity index (χ1n) is 9.39. The van der Waals surface area contributed by atoms with Crippen LogP contribution >= 0.6 is 0 Å². The van der Waals surface area contributed by atoms with Gasteiger partial charge in [-0.1, -0.05) is 50.3 Å². The van der Waals surface area contributed by atoms with Crippen molar-refractivity contribution < 1.29 is 19.0 Å². The molecule has 0 saturated carbocycles. The number of benzene rings is 1. The molecule has 0 amide bonds. The van der Waals surface area contributed by atoms with Crippen molar-refractivity contribution in [3.63, 3.8) is 0 Å². The molecule has 5 heteroatoms. The van der Waals surface area contributed by atoms with Crippen molar-refractivity contribution in [2.75, 3.05) is 19.8 Å². The van der Waals surface area contributed by atoms with Crippen LogP contribution in [0, 0.1) is 0 Å². The highest BCUT2D eigenvalue weighted by atomic mass is 16.7. The summed E-state index contributed by atoms with van der Waals surface area (Å²) in [6.07, 6.45) is 3.68. The Morgan fingerprint density at radius 3 is 2.52 bits per heavy atom. The van der Waals surface area contributed by atoms with Crippen LogP contribution in [-0.4, -0.2) is 30.8 Å². The van der Waals surface area contributed by atoms with Crippen LogP contribution in [-0.2, 0) is 25.4 Å². The number of carbonyl (C=O) groups is 1. The number of hydrogen-bond acceptors (Lipinski definition) is 5. The summed E-state index contributed by atoms with van der Waals surface area (Å²) in [5, 5.41) is 0. The van der Waals surface area contributed by atoms with Gasteiger partial charge < -0.3 is 14.2 Å². The zero-order valence-corrected chi connectivity index (χ0v) is 16.2. The third-order valence-corrected chi connectivity index (χ3v) is 3.86. The van der Waals surface area contributed by atoms with Gasteiger partial charge in [-0.15, -0.1) is 0 Å². The molecule has 0 radical (unpaired) electrons. The average Bonchev–Trinajstić information content (AvgIpc) is 3.26. The lowest BCUT2D eigenvalue weighted by atomic mass is 9.98. The zero-order chi connectivity index (χ0) is 19.5. The Kier molecular flexibility index (Phi) is 8.68. The highest BCUT2D eigenvalue weighted by Gasteiger charge is 2.25. The number of pyridine rings is 1. The summed E-state index contributed by atoms with van der Waals surface area (Å²) in [6.45, 7) is 7.21. The van der Waals surface area contributed by atoms with E-state index in [4.69, 9.17) is 14.2 Å². The molecule has 0 unspecified atom stereocenters. The summed E-state index contributed by atoms with van der Waals surface area (Å²) in [6, 6.07) is 13.3. The Balaban J connectivity index is 0.00000126. The second kappa shape index (κ2) is 11.3. The lowest BCUT2D eigenvalue weighted by Crippen LogP contribution is -2.11. The summed E-state index contributed by atoms with van der Waals surface area (Å²) >= 11 is 0. The Labute approximate surface area is 161 Å². The largest absolute Gasteiger partial charge is 0.462 e. The summed E-state index contributed by atoms with van der Waals surface area (Å²) < 4.78 is 16.5. The standard InChI is InChI=1S/C20H21NO4.C2H6/c1-2-23-19(22)17(11-10-15-7-5-6-12-21-15)16-8-3-4-9-18(16)20-24-13-14-25-20;1-2/h3-9,11-12,20H,2,10,13-14H2,1H3;1-2H3/b17-11-;. The molecule has 1 saturated heterocycles. The van der Waals surface area contributed by atoms with Gasteiger partial charge in [-0.2, -0.15) is 0 Å². The number of esters is 1. The molecular weight excluding hydrogens is 342 g/mol. The van der Waals surface area contributed by atoms with Crippen molar-refractivity contribution in [3.05, 3.63) is 71.6 Å². The molecule has 0 N–H and O–H groups in total. The fourth-order valence-electron chi connectivity index (χ4n) is 2.72. The second-order valence-electron chi connectivity index (χ2n) is 5.52. The monoisotopic (exact) mass is 369 g/mol. The maximum Gasteiger partial charge on any atom is 0.338 e. The molecule has 0 atom stereocenters. The zero-order valence-electron chi connectivity index (χ0n) is 16.2. The molecule has 3 rings (SSSR count). The predicted octanol–water partition coefficient (Wildman–Crippen LogP) is 4.34. The van der Waals surface area contributed by atoms with Crippen molar-refractivity contribution in [1.29, 1.82) is 0 Å². The van der Waals surface area contributed by atoms with Crippen LogP contribution in [0.5, 0.6) is 0 Å². The number of hydrogen-bond donors (Lipinski definition) is 0. The normalized spacial score (nSPS) is 14.4. The van der Waals surface area contributed by atoms with Gasteiger partial charge in [0.2, 0.25) is 0 Å². The van der Waals surface area contributed by atoms with Gasteiger partial charge in [-0.05, 0) is 24.6 Å². The molecule has 5 nitrogen and oxygen atoms in total. The maximum absolute atomic E-state index is 12.5. The molecule has 144 valence electrons. The lowest BCUT2D eigenvalue weighted by Gasteiger charge is -2.16. The van der Waals surface area contributed by atoms with Crippen molar-refractivity contribution in [3.8, 4) is 0 Å². The van der Waals surface area contributed by atoms with E-state index in [1.54, 1.807) is 13.1 Å². The maximum atomic E-state index is 12.5. The molecule has 1 fully saturated rings. The van der Waals surface area contributed by atoms with Crippen LogP contribution in [0.15, 0.2) is 54.7 Å². The van der Waals surface area contributed by atoms with Crippen LogP contribution in [0.3, 0.4) is 0 Å². The lowest BCUT2D eigenvalue weighted by molar-refractivity contribution is -0.136. The third-order valence-electron chi connectivity index (χ3n) is 3.86. The van der Waals surface area contributed by atoms with Crippen LogP contribution in [0.4, 0.5) is 0 Å². The van der Waals surface area contributed by atoms with Crippen molar-refractivity contribution in [1.82, 2.24) is 4.98 Å². The summed E-state index contributed by atoms with van der Waals surface area (Å²) in [7, 11) is 0. The van der Waals surface area contributed by atoms with E-state index in [0.717, 1.165) is 16.8 Å². The molecule has 2 aromatic rings. The van der Waals surface area contributed by atoms with E-state index in [9.17, 15) is 4.79 Å². The number of aromatic nitrogens is 1.